The summed E-state index contributed by atoms with van der Waals surface area (Å²) in [5.41, 5.74) is 0.883. The first kappa shape index (κ1) is 12.5. The maximum atomic E-state index is 9.68. The van der Waals surface area contributed by atoms with Crippen molar-refractivity contribution in [2.24, 2.45) is 0 Å². The molecule has 1 aromatic heterocycles. The van der Waals surface area contributed by atoms with Crippen molar-refractivity contribution in [2.45, 2.75) is 25.5 Å². The molecule has 0 spiro atoms. The highest BCUT2D eigenvalue weighted by Crippen LogP contribution is 2.25. The molecule has 1 N–H and O–H groups in total. The number of hydrogen-bond donors (Lipinski definition) is 1. The lowest BCUT2D eigenvalue weighted by Crippen LogP contribution is -2.37. The molecule has 1 aromatic carbocycles. The fourth-order valence-electron chi connectivity index (χ4n) is 2.68. The minimum atomic E-state index is -0.196. The summed E-state index contributed by atoms with van der Waals surface area (Å²) in [4.78, 5) is 2.24. The zero-order valence-electron chi connectivity index (χ0n) is 11.1. The molecule has 1 aliphatic rings. The Morgan fingerprint density at radius 2 is 2.32 bits per heavy atom. The summed E-state index contributed by atoms with van der Waals surface area (Å²) >= 11 is 0. The number of β-amino-alcohol motifs (C(OH)–C–C–N with tert-alkyl or cyclic N) is 1. The molecule has 4 nitrogen and oxygen atoms in total. The second-order valence-electron chi connectivity index (χ2n) is 5.15. The van der Waals surface area contributed by atoms with Crippen LogP contribution < -0.4 is 4.74 Å². The molecule has 1 atom stereocenters. The number of ether oxygens (including phenoxy) is 1. The quantitative estimate of drug-likeness (QED) is 0.921. The van der Waals surface area contributed by atoms with Crippen LogP contribution in [0.1, 0.15) is 18.6 Å². The Morgan fingerprint density at radius 1 is 1.42 bits per heavy atom. The molecule has 1 unspecified atom stereocenters. The number of aliphatic hydroxyl groups excluding tert-OH is 1. The topological polar surface area (TPSA) is 45.8 Å². The molecule has 1 fully saturated rings. The van der Waals surface area contributed by atoms with Gasteiger partial charge >= 0.3 is 0 Å². The lowest BCUT2D eigenvalue weighted by molar-refractivity contribution is 0.0636. The van der Waals surface area contributed by atoms with Gasteiger partial charge in [0.25, 0.3) is 0 Å². The van der Waals surface area contributed by atoms with Crippen LogP contribution in [0.5, 0.6) is 5.75 Å². The van der Waals surface area contributed by atoms with Crippen molar-refractivity contribution >= 4 is 11.0 Å². The number of piperidine rings is 1. The molecule has 19 heavy (non-hydrogen) atoms. The first-order valence-electron chi connectivity index (χ1n) is 6.71. The number of furan rings is 1. The highest BCUT2D eigenvalue weighted by molar-refractivity contribution is 5.79. The molecule has 0 radical (unpaired) electrons. The second kappa shape index (κ2) is 5.23. The molecular formula is C15H19NO3. The summed E-state index contributed by atoms with van der Waals surface area (Å²) in [6.45, 7) is 2.52. The molecule has 4 heteroatoms. The van der Waals surface area contributed by atoms with Crippen molar-refractivity contribution in [3.05, 3.63) is 30.0 Å². The van der Waals surface area contributed by atoms with Crippen molar-refractivity contribution in [3.8, 4) is 5.75 Å². The Kier molecular flexibility index (Phi) is 3.44. The predicted octanol–water partition coefficient (Wildman–Crippen LogP) is 2.40. The second-order valence-corrected chi connectivity index (χ2v) is 5.15. The van der Waals surface area contributed by atoms with Crippen molar-refractivity contribution in [1.29, 1.82) is 0 Å². The largest absolute Gasteiger partial charge is 0.497 e. The van der Waals surface area contributed by atoms with Crippen LogP contribution in [0.3, 0.4) is 0 Å². The standard InChI is InChI=1S/C15H19NO3/c1-18-13-4-5-15-11(7-13)8-14(19-15)10-16-6-2-3-12(17)9-16/h4-5,7-8,12,17H,2-3,6,9-10H2,1H3. The fraction of sp³-hybridized carbons (Fsp3) is 0.467. The molecule has 0 bridgehead atoms. The van der Waals surface area contributed by atoms with E-state index in [2.05, 4.69) is 11.0 Å². The Labute approximate surface area is 112 Å². The third kappa shape index (κ3) is 2.74. The highest BCUT2D eigenvalue weighted by atomic mass is 16.5. The van der Waals surface area contributed by atoms with Gasteiger partial charge in [-0.1, -0.05) is 0 Å². The van der Waals surface area contributed by atoms with Gasteiger partial charge in [0.05, 0.1) is 19.8 Å². The van der Waals surface area contributed by atoms with Crippen LogP contribution >= 0.6 is 0 Å². The van der Waals surface area contributed by atoms with Gasteiger partial charge in [-0.2, -0.15) is 0 Å². The number of benzene rings is 1. The molecule has 0 aliphatic carbocycles. The van der Waals surface area contributed by atoms with E-state index >= 15 is 0 Å². The van der Waals surface area contributed by atoms with Crippen LogP contribution in [0.4, 0.5) is 0 Å². The molecule has 1 aliphatic heterocycles. The van der Waals surface area contributed by atoms with Crippen molar-refractivity contribution < 1.29 is 14.3 Å². The monoisotopic (exact) mass is 261 g/mol. The van der Waals surface area contributed by atoms with Gasteiger partial charge in [0.2, 0.25) is 0 Å². The third-order valence-electron chi connectivity index (χ3n) is 3.63. The van der Waals surface area contributed by atoms with E-state index in [1.54, 1.807) is 7.11 Å². The summed E-state index contributed by atoms with van der Waals surface area (Å²) in [6.07, 6.45) is 1.77. The van der Waals surface area contributed by atoms with Crippen LogP contribution in [-0.2, 0) is 6.54 Å². The van der Waals surface area contributed by atoms with E-state index in [0.29, 0.717) is 0 Å². The number of rotatable bonds is 3. The third-order valence-corrected chi connectivity index (χ3v) is 3.63. The Hall–Kier alpha value is -1.52. The van der Waals surface area contributed by atoms with E-state index < -0.39 is 0 Å². The van der Waals surface area contributed by atoms with E-state index in [-0.39, 0.29) is 6.10 Å². The Bertz CT molecular complexity index is 564. The number of aliphatic hydroxyl groups is 1. The van der Waals surface area contributed by atoms with Crippen LogP contribution in [0, 0.1) is 0 Å². The van der Waals surface area contributed by atoms with Crippen LogP contribution in [-0.4, -0.2) is 36.3 Å². The molecule has 102 valence electrons. The molecule has 0 amide bonds. The maximum absolute atomic E-state index is 9.68. The van der Waals surface area contributed by atoms with Gasteiger partial charge in [0, 0.05) is 11.9 Å². The molecule has 2 heterocycles. The summed E-state index contributed by atoms with van der Waals surface area (Å²) in [7, 11) is 1.66. The first-order valence-corrected chi connectivity index (χ1v) is 6.71. The number of methoxy groups -OCH3 is 1. The van der Waals surface area contributed by atoms with Gasteiger partial charge in [-0.3, -0.25) is 4.90 Å². The van der Waals surface area contributed by atoms with Crippen molar-refractivity contribution in [1.82, 2.24) is 4.90 Å². The van der Waals surface area contributed by atoms with Gasteiger partial charge in [0.1, 0.15) is 17.1 Å². The lowest BCUT2D eigenvalue weighted by atomic mass is 10.1. The number of nitrogens with zero attached hydrogens (tertiary/aromatic N) is 1. The smallest absolute Gasteiger partial charge is 0.134 e. The van der Waals surface area contributed by atoms with Crippen molar-refractivity contribution in [2.75, 3.05) is 20.2 Å². The van der Waals surface area contributed by atoms with Gasteiger partial charge in [-0.05, 0) is 43.7 Å². The maximum Gasteiger partial charge on any atom is 0.134 e. The number of likely N-dealkylation sites (tertiary alicyclic amines) is 1. The number of fused-ring (bicyclic) bond motifs is 1. The minimum Gasteiger partial charge on any atom is -0.497 e. The normalized spacial score (nSPS) is 20.8. The van der Waals surface area contributed by atoms with E-state index in [1.807, 2.05) is 18.2 Å². The summed E-state index contributed by atoms with van der Waals surface area (Å²) < 4.78 is 11.0. The van der Waals surface area contributed by atoms with Gasteiger partial charge in [-0.15, -0.1) is 0 Å². The fourth-order valence-corrected chi connectivity index (χ4v) is 2.68. The zero-order chi connectivity index (χ0) is 13.2. The number of hydrogen-bond acceptors (Lipinski definition) is 4. The van der Waals surface area contributed by atoms with Crippen LogP contribution in [0.2, 0.25) is 0 Å². The van der Waals surface area contributed by atoms with Crippen LogP contribution in [0.15, 0.2) is 28.7 Å². The lowest BCUT2D eigenvalue weighted by Gasteiger charge is -2.29. The highest BCUT2D eigenvalue weighted by Gasteiger charge is 2.18. The average molecular weight is 261 g/mol. The van der Waals surface area contributed by atoms with Crippen LogP contribution in [0.25, 0.3) is 11.0 Å². The molecule has 2 aromatic rings. The summed E-state index contributed by atoms with van der Waals surface area (Å²) in [6, 6.07) is 7.87. The zero-order valence-corrected chi connectivity index (χ0v) is 11.1. The molecular weight excluding hydrogens is 242 g/mol. The van der Waals surface area contributed by atoms with E-state index in [4.69, 9.17) is 9.15 Å². The molecule has 1 saturated heterocycles. The van der Waals surface area contributed by atoms with E-state index in [1.165, 1.54) is 0 Å². The van der Waals surface area contributed by atoms with E-state index in [0.717, 1.165) is 55.0 Å². The molecule has 0 saturated carbocycles. The first-order chi connectivity index (χ1) is 9.24. The Balaban J connectivity index is 1.77. The predicted molar refractivity (Wildman–Crippen MR) is 73.3 cm³/mol. The SMILES string of the molecule is COc1ccc2oc(CN3CCCC(O)C3)cc2c1. The van der Waals surface area contributed by atoms with Crippen molar-refractivity contribution in [3.63, 3.8) is 0 Å². The summed E-state index contributed by atoms with van der Waals surface area (Å²) in [5, 5.41) is 10.7. The van der Waals surface area contributed by atoms with E-state index in [9.17, 15) is 5.11 Å². The molecule has 3 rings (SSSR count). The van der Waals surface area contributed by atoms with Gasteiger partial charge in [-0.25, -0.2) is 0 Å². The Morgan fingerprint density at radius 3 is 3.11 bits per heavy atom. The average Bonchev–Trinajstić information content (AvgIpc) is 2.79. The summed E-state index contributed by atoms with van der Waals surface area (Å²) in [5.74, 6) is 1.78. The van der Waals surface area contributed by atoms with Gasteiger partial charge < -0.3 is 14.3 Å². The minimum absolute atomic E-state index is 0.196. The van der Waals surface area contributed by atoms with Gasteiger partial charge in [0.15, 0.2) is 0 Å².